The number of para-hydroxylation sites is 2. The molecule has 1 saturated heterocycles. The predicted octanol–water partition coefficient (Wildman–Crippen LogP) is 5.61. The lowest BCUT2D eigenvalue weighted by molar-refractivity contribution is -0.163. The maximum atomic E-state index is 13.6. The highest BCUT2D eigenvalue weighted by molar-refractivity contribution is 7.71. The van der Waals surface area contributed by atoms with Crippen molar-refractivity contribution in [2.45, 2.75) is 39.2 Å². The Kier molecular flexibility index (Phi) is 11.2. The second kappa shape index (κ2) is 15.2. The Balaban J connectivity index is 0.000000600. The van der Waals surface area contributed by atoms with E-state index in [0.29, 0.717) is 22.2 Å². The largest absolute Gasteiger partial charge is 0.465 e. The van der Waals surface area contributed by atoms with E-state index in [4.69, 9.17) is 21.7 Å². The van der Waals surface area contributed by atoms with Crippen LogP contribution in [0.5, 0.6) is 0 Å². The Morgan fingerprint density at radius 3 is 1.88 bits per heavy atom. The molecule has 2 heterocycles. The molecule has 9 heteroatoms. The Morgan fingerprint density at radius 1 is 0.810 bits per heavy atom. The Bertz CT molecular complexity index is 1570. The van der Waals surface area contributed by atoms with E-state index in [2.05, 4.69) is 5.32 Å². The van der Waals surface area contributed by atoms with Crippen molar-refractivity contribution in [3.63, 3.8) is 0 Å². The SMILES string of the molecule is C1CCNCC1.CCOC(=O)C(C(=O)OCC)C(c1ccccc1)n1c(=S)n(-c2ccccc2)c(=O)c2ccccc21. The molecule has 5 rings (SSSR count). The lowest BCUT2D eigenvalue weighted by atomic mass is 9.92. The Morgan fingerprint density at radius 2 is 1.36 bits per heavy atom. The number of aromatic nitrogens is 2. The summed E-state index contributed by atoms with van der Waals surface area (Å²) in [6.45, 7) is 6.03. The molecular formula is C33H37N3O5S. The van der Waals surface area contributed by atoms with Crippen LogP contribution in [0, 0.1) is 10.7 Å². The van der Waals surface area contributed by atoms with Gasteiger partial charge in [-0.15, -0.1) is 0 Å². The van der Waals surface area contributed by atoms with Gasteiger partial charge in [0.15, 0.2) is 10.7 Å². The fourth-order valence-electron chi connectivity index (χ4n) is 5.12. The fraction of sp³-hybridized carbons (Fsp3) is 0.333. The predicted molar refractivity (Wildman–Crippen MR) is 166 cm³/mol. The van der Waals surface area contributed by atoms with Gasteiger partial charge in [0, 0.05) is 0 Å². The number of fused-ring (bicyclic) bond motifs is 1. The topological polar surface area (TPSA) is 91.6 Å². The van der Waals surface area contributed by atoms with Gasteiger partial charge in [0.25, 0.3) is 5.56 Å². The Labute approximate surface area is 250 Å². The van der Waals surface area contributed by atoms with Gasteiger partial charge in [-0.1, -0.05) is 67.1 Å². The third-order valence-electron chi connectivity index (χ3n) is 7.03. The van der Waals surface area contributed by atoms with Crippen molar-refractivity contribution in [1.29, 1.82) is 0 Å². The number of nitrogens with one attached hydrogen (secondary N) is 1. The third-order valence-corrected chi connectivity index (χ3v) is 7.41. The number of hydrogen-bond donors (Lipinski definition) is 1. The number of rotatable bonds is 8. The molecule has 0 bridgehead atoms. The fourth-order valence-corrected chi connectivity index (χ4v) is 5.52. The summed E-state index contributed by atoms with van der Waals surface area (Å²) >= 11 is 5.91. The zero-order valence-corrected chi connectivity index (χ0v) is 24.8. The molecule has 0 spiro atoms. The quantitative estimate of drug-likeness (QED) is 0.163. The maximum Gasteiger partial charge on any atom is 0.322 e. The zero-order chi connectivity index (χ0) is 29.9. The van der Waals surface area contributed by atoms with Gasteiger partial charge < -0.3 is 19.4 Å². The zero-order valence-electron chi connectivity index (χ0n) is 24.0. The maximum absolute atomic E-state index is 13.6. The van der Waals surface area contributed by atoms with E-state index >= 15 is 0 Å². The lowest BCUT2D eigenvalue weighted by Crippen LogP contribution is -2.38. The van der Waals surface area contributed by atoms with E-state index in [1.165, 1.54) is 36.9 Å². The van der Waals surface area contributed by atoms with E-state index in [9.17, 15) is 14.4 Å². The van der Waals surface area contributed by atoms with Crippen molar-refractivity contribution in [3.05, 3.63) is 106 Å². The first-order chi connectivity index (χ1) is 20.5. The molecule has 0 aliphatic carbocycles. The summed E-state index contributed by atoms with van der Waals surface area (Å²) in [5.74, 6) is -2.81. The van der Waals surface area contributed by atoms with E-state index < -0.39 is 23.9 Å². The molecule has 42 heavy (non-hydrogen) atoms. The number of hydrogen-bond acceptors (Lipinski definition) is 7. The summed E-state index contributed by atoms with van der Waals surface area (Å²) in [5, 5.41) is 3.68. The molecule has 1 atom stereocenters. The van der Waals surface area contributed by atoms with Crippen molar-refractivity contribution in [3.8, 4) is 5.69 Å². The number of esters is 2. The smallest absolute Gasteiger partial charge is 0.322 e. The van der Waals surface area contributed by atoms with Crippen LogP contribution in [0.2, 0.25) is 0 Å². The highest BCUT2D eigenvalue weighted by atomic mass is 32.1. The highest BCUT2D eigenvalue weighted by Gasteiger charge is 2.41. The van der Waals surface area contributed by atoms with Gasteiger partial charge in [-0.3, -0.25) is 19.0 Å². The van der Waals surface area contributed by atoms with Gasteiger partial charge in [0.1, 0.15) is 0 Å². The number of carbonyl (C=O) groups excluding carboxylic acids is 2. The van der Waals surface area contributed by atoms with Crippen LogP contribution in [0.4, 0.5) is 0 Å². The van der Waals surface area contributed by atoms with Gasteiger partial charge in [-0.05, 0) is 81.8 Å². The van der Waals surface area contributed by atoms with E-state index in [-0.39, 0.29) is 23.5 Å². The van der Waals surface area contributed by atoms with Gasteiger partial charge in [0.2, 0.25) is 0 Å². The van der Waals surface area contributed by atoms with Gasteiger partial charge >= 0.3 is 11.9 Å². The average molecular weight is 588 g/mol. The summed E-state index contributed by atoms with van der Waals surface area (Å²) in [6, 6.07) is 24.2. The molecule has 8 nitrogen and oxygen atoms in total. The molecule has 0 amide bonds. The van der Waals surface area contributed by atoms with Crippen LogP contribution >= 0.6 is 12.2 Å². The first-order valence-corrected chi connectivity index (χ1v) is 14.8. The summed E-state index contributed by atoms with van der Waals surface area (Å²) in [6.07, 6.45) is 4.22. The van der Waals surface area contributed by atoms with Crippen LogP contribution in [-0.4, -0.2) is 47.4 Å². The second-order valence-electron chi connectivity index (χ2n) is 9.79. The molecule has 1 aromatic heterocycles. The lowest BCUT2D eigenvalue weighted by Gasteiger charge is -2.29. The highest BCUT2D eigenvalue weighted by Crippen LogP contribution is 2.32. The third kappa shape index (κ3) is 7.03. The molecule has 1 fully saturated rings. The summed E-state index contributed by atoms with van der Waals surface area (Å²) < 4.78 is 13.9. The molecule has 1 unspecified atom stereocenters. The van der Waals surface area contributed by atoms with E-state index in [1.807, 2.05) is 48.5 Å². The number of benzene rings is 3. The standard InChI is InChI=1S/C28H26N2O5S.C5H11N/c1-3-34-26(32)23(27(33)35-4-2)24(19-13-7-5-8-14-19)30-22-18-12-11-17-21(22)25(31)29(28(30)36)20-15-9-6-10-16-20;1-2-4-6-5-3-1/h5-18,23-24H,3-4H2,1-2H3;6H,1-5H2. The molecule has 220 valence electrons. The van der Waals surface area contributed by atoms with Crippen LogP contribution in [0.15, 0.2) is 89.7 Å². The molecular weight excluding hydrogens is 550 g/mol. The van der Waals surface area contributed by atoms with Crippen molar-refractivity contribution in [2.75, 3.05) is 26.3 Å². The van der Waals surface area contributed by atoms with Crippen LogP contribution in [0.3, 0.4) is 0 Å². The van der Waals surface area contributed by atoms with Gasteiger partial charge in [0.05, 0.1) is 35.8 Å². The van der Waals surface area contributed by atoms with Crippen LogP contribution in [0.25, 0.3) is 16.6 Å². The monoisotopic (exact) mass is 587 g/mol. The number of nitrogens with zero attached hydrogens (tertiary/aromatic N) is 2. The molecule has 1 aliphatic rings. The minimum atomic E-state index is -1.36. The molecule has 3 aromatic carbocycles. The summed E-state index contributed by atoms with van der Waals surface area (Å²) in [7, 11) is 0. The van der Waals surface area contributed by atoms with Gasteiger partial charge in [-0.2, -0.15) is 0 Å². The van der Waals surface area contributed by atoms with E-state index in [0.717, 1.165) is 0 Å². The summed E-state index contributed by atoms with van der Waals surface area (Å²) in [4.78, 5) is 40.2. The van der Waals surface area contributed by atoms with E-state index in [1.54, 1.807) is 54.8 Å². The molecule has 1 N–H and O–H groups in total. The van der Waals surface area contributed by atoms with Crippen LogP contribution in [-0.2, 0) is 19.1 Å². The Hall–Kier alpha value is -4.08. The normalized spacial score (nSPS) is 13.6. The molecule has 0 radical (unpaired) electrons. The van der Waals surface area contributed by atoms with Crippen LogP contribution in [0.1, 0.15) is 44.7 Å². The first-order valence-electron chi connectivity index (χ1n) is 14.4. The molecule has 0 saturated carbocycles. The minimum Gasteiger partial charge on any atom is -0.465 e. The average Bonchev–Trinajstić information content (AvgIpc) is 3.03. The molecule has 1 aliphatic heterocycles. The number of ether oxygens (including phenoxy) is 2. The van der Waals surface area contributed by atoms with Crippen molar-refractivity contribution in [1.82, 2.24) is 14.5 Å². The summed E-state index contributed by atoms with van der Waals surface area (Å²) in [5.41, 5.74) is 1.41. The van der Waals surface area contributed by atoms with Crippen LogP contribution < -0.4 is 10.9 Å². The van der Waals surface area contributed by atoms with Gasteiger partial charge in [-0.25, -0.2) is 0 Å². The number of carbonyl (C=O) groups is 2. The first kappa shape index (κ1) is 30.9. The number of piperidine rings is 1. The van der Waals surface area contributed by atoms with Crippen molar-refractivity contribution in [2.24, 2.45) is 5.92 Å². The minimum absolute atomic E-state index is 0.0892. The van der Waals surface area contributed by atoms with Crippen molar-refractivity contribution >= 4 is 35.1 Å². The molecule has 4 aromatic rings. The van der Waals surface area contributed by atoms with Crippen molar-refractivity contribution < 1.29 is 19.1 Å². The second-order valence-corrected chi connectivity index (χ2v) is 10.2.